The maximum atomic E-state index is 12.4. The third-order valence-electron chi connectivity index (χ3n) is 2.77. The van der Waals surface area contributed by atoms with Crippen LogP contribution in [0.1, 0.15) is 12.5 Å². The van der Waals surface area contributed by atoms with Crippen LogP contribution in [0.15, 0.2) is 26.0 Å². The molecule has 1 unspecified atom stereocenters. The standard InChI is InChI=1S/C11H13Br2NO4S/c1-6-4-9(13)10(5-8(6)12)19(17,18)14(3)7(2)11(15)16/h4-5,7H,1-3H3,(H,15,16). The molecule has 0 aliphatic carbocycles. The zero-order chi connectivity index (χ0) is 15.0. The predicted octanol–water partition coefficient (Wildman–Crippen LogP) is 2.61. The van der Waals surface area contributed by atoms with Crippen molar-refractivity contribution in [1.82, 2.24) is 4.31 Å². The maximum absolute atomic E-state index is 12.4. The Hall–Kier alpha value is -0.440. The van der Waals surface area contributed by atoms with Crippen LogP contribution in [0.3, 0.4) is 0 Å². The molecule has 0 heterocycles. The summed E-state index contributed by atoms with van der Waals surface area (Å²) in [6.07, 6.45) is 0. The Morgan fingerprint density at radius 2 is 1.84 bits per heavy atom. The maximum Gasteiger partial charge on any atom is 0.321 e. The van der Waals surface area contributed by atoms with Crippen molar-refractivity contribution in [2.24, 2.45) is 0 Å². The normalized spacial score (nSPS) is 13.6. The summed E-state index contributed by atoms with van der Waals surface area (Å²) in [5.41, 5.74) is 0.875. The minimum atomic E-state index is -3.88. The van der Waals surface area contributed by atoms with Gasteiger partial charge in [-0.1, -0.05) is 15.9 Å². The highest BCUT2D eigenvalue weighted by Crippen LogP contribution is 2.31. The van der Waals surface area contributed by atoms with Crippen LogP contribution in [0.25, 0.3) is 0 Å². The second-order valence-electron chi connectivity index (χ2n) is 4.07. The Bertz CT molecular complexity index is 615. The average molecular weight is 415 g/mol. The lowest BCUT2D eigenvalue weighted by Crippen LogP contribution is -2.40. The second kappa shape index (κ2) is 5.90. The lowest BCUT2D eigenvalue weighted by Gasteiger charge is -2.22. The summed E-state index contributed by atoms with van der Waals surface area (Å²) in [5, 5.41) is 8.90. The fourth-order valence-corrected chi connectivity index (χ4v) is 4.30. The van der Waals surface area contributed by atoms with Crippen LogP contribution >= 0.6 is 31.9 Å². The minimum Gasteiger partial charge on any atom is -0.480 e. The smallest absolute Gasteiger partial charge is 0.321 e. The molecule has 5 nitrogen and oxygen atoms in total. The van der Waals surface area contributed by atoms with Gasteiger partial charge in [0.15, 0.2) is 0 Å². The van der Waals surface area contributed by atoms with E-state index in [1.54, 1.807) is 6.07 Å². The minimum absolute atomic E-state index is 0.0283. The van der Waals surface area contributed by atoms with E-state index in [1.807, 2.05) is 6.92 Å². The number of hydrogen-bond donors (Lipinski definition) is 1. The average Bonchev–Trinajstić information content (AvgIpc) is 2.31. The van der Waals surface area contributed by atoms with Gasteiger partial charge in [-0.05, 0) is 47.5 Å². The number of carbonyl (C=O) groups is 1. The lowest BCUT2D eigenvalue weighted by atomic mass is 10.2. The van der Waals surface area contributed by atoms with Crippen molar-refractivity contribution in [1.29, 1.82) is 0 Å². The Morgan fingerprint density at radius 1 is 1.32 bits per heavy atom. The van der Waals surface area contributed by atoms with E-state index in [9.17, 15) is 13.2 Å². The number of aliphatic carboxylic acids is 1. The van der Waals surface area contributed by atoms with Gasteiger partial charge in [0, 0.05) is 16.0 Å². The zero-order valence-electron chi connectivity index (χ0n) is 10.5. The van der Waals surface area contributed by atoms with Crippen molar-refractivity contribution in [2.45, 2.75) is 24.8 Å². The molecule has 0 aliphatic rings. The highest BCUT2D eigenvalue weighted by molar-refractivity contribution is 9.11. The fraction of sp³-hybridized carbons (Fsp3) is 0.364. The molecule has 0 radical (unpaired) electrons. The summed E-state index contributed by atoms with van der Waals surface area (Å²) in [5.74, 6) is -1.20. The third-order valence-corrected chi connectivity index (χ3v) is 6.51. The molecule has 0 aliphatic heterocycles. The Labute approximate surface area is 128 Å². The predicted molar refractivity (Wildman–Crippen MR) is 78.6 cm³/mol. The Balaban J connectivity index is 3.36. The first-order valence-electron chi connectivity index (χ1n) is 5.25. The number of benzene rings is 1. The van der Waals surface area contributed by atoms with E-state index in [4.69, 9.17) is 5.11 Å². The van der Waals surface area contributed by atoms with Gasteiger partial charge in [0.1, 0.15) is 6.04 Å². The van der Waals surface area contributed by atoms with Crippen LogP contribution in [0.5, 0.6) is 0 Å². The van der Waals surface area contributed by atoms with Gasteiger partial charge < -0.3 is 5.11 Å². The molecular weight excluding hydrogens is 402 g/mol. The molecule has 19 heavy (non-hydrogen) atoms. The number of halogens is 2. The molecule has 8 heteroatoms. The number of nitrogens with zero attached hydrogens (tertiary/aromatic N) is 1. The number of sulfonamides is 1. The first kappa shape index (κ1) is 16.6. The molecule has 0 amide bonds. The molecule has 0 saturated heterocycles. The summed E-state index contributed by atoms with van der Waals surface area (Å²) in [4.78, 5) is 10.9. The molecule has 1 rings (SSSR count). The van der Waals surface area contributed by atoms with Gasteiger partial charge in [0.25, 0.3) is 0 Å². The molecule has 0 fully saturated rings. The number of carboxylic acids is 1. The van der Waals surface area contributed by atoms with Gasteiger partial charge in [-0.15, -0.1) is 0 Å². The molecule has 0 bridgehead atoms. The topological polar surface area (TPSA) is 74.7 Å². The van der Waals surface area contributed by atoms with E-state index < -0.39 is 22.0 Å². The third kappa shape index (κ3) is 3.36. The van der Waals surface area contributed by atoms with Crippen LogP contribution in [0.2, 0.25) is 0 Å². The van der Waals surface area contributed by atoms with Crippen molar-refractivity contribution in [3.8, 4) is 0 Å². The van der Waals surface area contributed by atoms with Crippen molar-refractivity contribution in [2.75, 3.05) is 7.05 Å². The summed E-state index contributed by atoms with van der Waals surface area (Å²) in [6, 6.07) is 1.98. The Kier molecular flexibility index (Phi) is 5.16. The van der Waals surface area contributed by atoms with E-state index in [0.29, 0.717) is 8.95 Å². The van der Waals surface area contributed by atoms with E-state index in [2.05, 4.69) is 31.9 Å². The van der Waals surface area contributed by atoms with E-state index in [0.717, 1.165) is 9.87 Å². The number of carboxylic acid groups (broad SMARTS) is 1. The molecule has 1 aromatic rings. The molecule has 1 aromatic carbocycles. The zero-order valence-corrected chi connectivity index (χ0v) is 14.5. The number of rotatable bonds is 4. The fourth-order valence-electron chi connectivity index (χ4n) is 1.34. The van der Waals surface area contributed by atoms with Crippen LogP contribution in [0.4, 0.5) is 0 Å². The summed E-state index contributed by atoms with van der Waals surface area (Å²) in [7, 11) is -2.63. The SMILES string of the molecule is Cc1cc(Br)c(S(=O)(=O)N(C)C(C)C(=O)O)cc1Br. The molecule has 1 N–H and O–H groups in total. The van der Waals surface area contributed by atoms with Gasteiger partial charge in [0.2, 0.25) is 10.0 Å². The van der Waals surface area contributed by atoms with Crippen LogP contribution in [-0.4, -0.2) is 36.9 Å². The first-order chi connectivity index (χ1) is 8.59. The molecule has 0 spiro atoms. The van der Waals surface area contributed by atoms with Crippen LogP contribution in [0, 0.1) is 6.92 Å². The molecule has 0 aromatic heterocycles. The largest absolute Gasteiger partial charge is 0.480 e. The van der Waals surface area contributed by atoms with Crippen LogP contribution in [-0.2, 0) is 14.8 Å². The van der Waals surface area contributed by atoms with Gasteiger partial charge in [0.05, 0.1) is 4.90 Å². The summed E-state index contributed by atoms with van der Waals surface area (Å²) in [6.45, 7) is 3.14. The van der Waals surface area contributed by atoms with Crippen molar-refractivity contribution in [3.05, 3.63) is 26.6 Å². The number of likely N-dealkylation sites (N-methyl/N-ethyl adjacent to an activating group) is 1. The summed E-state index contributed by atoms with van der Waals surface area (Å²) >= 11 is 6.47. The van der Waals surface area contributed by atoms with Gasteiger partial charge in [-0.25, -0.2) is 8.42 Å². The second-order valence-corrected chi connectivity index (χ2v) is 7.74. The van der Waals surface area contributed by atoms with E-state index >= 15 is 0 Å². The molecule has 1 atom stereocenters. The number of hydrogen-bond acceptors (Lipinski definition) is 3. The lowest BCUT2D eigenvalue weighted by molar-refractivity contribution is -0.140. The van der Waals surface area contributed by atoms with Crippen LogP contribution < -0.4 is 0 Å². The molecule has 106 valence electrons. The quantitative estimate of drug-likeness (QED) is 0.821. The molecule has 0 saturated carbocycles. The van der Waals surface area contributed by atoms with Crippen molar-refractivity contribution < 1.29 is 18.3 Å². The van der Waals surface area contributed by atoms with Gasteiger partial charge in [-0.3, -0.25) is 4.79 Å². The highest BCUT2D eigenvalue weighted by Gasteiger charge is 2.31. The van der Waals surface area contributed by atoms with Gasteiger partial charge >= 0.3 is 5.97 Å². The Morgan fingerprint density at radius 3 is 2.32 bits per heavy atom. The highest BCUT2D eigenvalue weighted by atomic mass is 79.9. The monoisotopic (exact) mass is 413 g/mol. The van der Waals surface area contributed by atoms with Crippen molar-refractivity contribution >= 4 is 47.9 Å². The van der Waals surface area contributed by atoms with E-state index in [-0.39, 0.29) is 4.90 Å². The first-order valence-corrected chi connectivity index (χ1v) is 8.28. The summed E-state index contributed by atoms with van der Waals surface area (Å²) < 4.78 is 26.6. The van der Waals surface area contributed by atoms with E-state index in [1.165, 1.54) is 20.0 Å². The van der Waals surface area contributed by atoms with Crippen molar-refractivity contribution in [3.63, 3.8) is 0 Å². The molecular formula is C11H13Br2NO4S. The van der Waals surface area contributed by atoms with Gasteiger partial charge in [-0.2, -0.15) is 4.31 Å². The number of aryl methyl sites for hydroxylation is 1.